The zero-order valence-electron chi connectivity index (χ0n) is 16.7. The first-order valence-corrected chi connectivity index (χ1v) is 10.0. The number of nitriles is 1. The SMILES string of the molecule is N#Cc1ccc(COc2ccc(C(=O)NCC(C(=O)O)N3CCCCC3)cc2)cc1. The van der Waals surface area contributed by atoms with Crippen LogP contribution in [-0.2, 0) is 11.4 Å². The number of benzene rings is 2. The van der Waals surface area contributed by atoms with Crippen molar-refractivity contribution in [3.05, 3.63) is 65.2 Å². The van der Waals surface area contributed by atoms with Crippen molar-refractivity contribution in [3.63, 3.8) is 0 Å². The van der Waals surface area contributed by atoms with Crippen LogP contribution in [0.2, 0.25) is 0 Å². The summed E-state index contributed by atoms with van der Waals surface area (Å²) in [6.07, 6.45) is 3.10. The van der Waals surface area contributed by atoms with Crippen LogP contribution >= 0.6 is 0 Å². The van der Waals surface area contributed by atoms with Gasteiger partial charge in [-0.15, -0.1) is 0 Å². The quantitative estimate of drug-likeness (QED) is 0.698. The first kappa shape index (κ1) is 21.3. The third-order valence-electron chi connectivity index (χ3n) is 5.18. The fraction of sp³-hybridized carbons (Fsp3) is 0.348. The van der Waals surface area contributed by atoms with Gasteiger partial charge in [-0.25, -0.2) is 0 Å². The van der Waals surface area contributed by atoms with Gasteiger partial charge in [0.2, 0.25) is 0 Å². The molecule has 0 aromatic heterocycles. The molecule has 1 saturated heterocycles. The number of hydrogen-bond acceptors (Lipinski definition) is 5. The number of aliphatic carboxylic acids is 1. The van der Waals surface area contributed by atoms with Crippen LogP contribution < -0.4 is 10.1 Å². The van der Waals surface area contributed by atoms with Gasteiger partial charge < -0.3 is 15.2 Å². The van der Waals surface area contributed by atoms with Gasteiger partial charge in [-0.05, 0) is 67.9 Å². The Morgan fingerprint density at radius 1 is 1.07 bits per heavy atom. The molecule has 156 valence electrons. The second kappa shape index (κ2) is 10.4. The van der Waals surface area contributed by atoms with Crippen LogP contribution in [0.5, 0.6) is 5.75 Å². The summed E-state index contributed by atoms with van der Waals surface area (Å²) in [5, 5.41) is 21.1. The summed E-state index contributed by atoms with van der Waals surface area (Å²) in [6.45, 7) is 1.93. The van der Waals surface area contributed by atoms with Gasteiger partial charge in [0.05, 0.1) is 11.6 Å². The highest BCUT2D eigenvalue weighted by Gasteiger charge is 2.27. The summed E-state index contributed by atoms with van der Waals surface area (Å²) >= 11 is 0. The van der Waals surface area contributed by atoms with E-state index in [0.29, 0.717) is 23.5 Å². The summed E-state index contributed by atoms with van der Waals surface area (Å²) in [5.74, 6) is -0.603. The van der Waals surface area contributed by atoms with Gasteiger partial charge in [0, 0.05) is 12.1 Å². The Hall–Kier alpha value is -3.37. The van der Waals surface area contributed by atoms with Gasteiger partial charge >= 0.3 is 5.97 Å². The number of nitrogens with zero attached hydrogens (tertiary/aromatic N) is 2. The van der Waals surface area contributed by atoms with E-state index < -0.39 is 12.0 Å². The monoisotopic (exact) mass is 407 g/mol. The van der Waals surface area contributed by atoms with Crippen molar-refractivity contribution in [2.75, 3.05) is 19.6 Å². The Bertz CT molecular complexity index is 898. The summed E-state index contributed by atoms with van der Waals surface area (Å²) in [7, 11) is 0. The van der Waals surface area contributed by atoms with Crippen LogP contribution in [0.4, 0.5) is 0 Å². The van der Waals surface area contributed by atoms with E-state index in [-0.39, 0.29) is 12.5 Å². The molecule has 7 nitrogen and oxygen atoms in total. The molecule has 1 aliphatic rings. The van der Waals surface area contributed by atoms with E-state index in [1.807, 2.05) is 17.0 Å². The van der Waals surface area contributed by atoms with Gasteiger partial charge in [0.1, 0.15) is 18.4 Å². The van der Waals surface area contributed by atoms with Crippen molar-refractivity contribution in [3.8, 4) is 11.8 Å². The van der Waals surface area contributed by atoms with E-state index in [2.05, 4.69) is 11.4 Å². The Morgan fingerprint density at radius 2 is 1.73 bits per heavy atom. The molecule has 2 aromatic rings. The van der Waals surface area contributed by atoms with Crippen LogP contribution in [-0.4, -0.2) is 47.6 Å². The Balaban J connectivity index is 1.51. The molecule has 7 heteroatoms. The molecule has 30 heavy (non-hydrogen) atoms. The number of carbonyl (C=O) groups excluding carboxylic acids is 1. The summed E-state index contributed by atoms with van der Waals surface area (Å²) in [5.41, 5.74) is 1.98. The summed E-state index contributed by atoms with van der Waals surface area (Å²) < 4.78 is 5.71. The van der Waals surface area contributed by atoms with E-state index in [9.17, 15) is 14.7 Å². The molecule has 2 N–H and O–H groups in total. The number of carboxylic acid groups (broad SMARTS) is 1. The molecule has 2 aromatic carbocycles. The van der Waals surface area contributed by atoms with Gasteiger partial charge in [-0.1, -0.05) is 18.6 Å². The number of nitrogens with one attached hydrogen (secondary N) is 1. The largest absolute Gasteiger partial charge is 0.489 e. The van der Waals surface area contributed by atoms with Crippen LogP contribution in [0, 0.1) is 11.3 Å². The lowest BCUT2D eigenvalue weighted by Crippen LogP contribution is -2.50. The van der Waals surface area contributed by atoms with Gasteiger partial charge in [-0.2, -0.15) is 5.26 Å². The van der Waals surface area contributed by atoms with Gasteiger partial charge in [0.25, 0.3) is 5.91 Å². The van der Waals surface area contributed by atoms with Crippen LogP contribution in [0.3, 0.4) is 0 Å². The zero-order valence-corrected chi connectivity index (χ0v) is 16.7. The maximum Gasteiger partial charge on any atom is 0.322 e. The van der Waals surface area contributed by atoms with Gasteiger partial charge in [0.15, 0.2) is 0 Å². The van der Waals surface area contributed by atoms with E-state index in [1.54, 1.807) is 36.4 Å². The van der Waals surface area contributed by atoms with Crippen molar-refractivity contribution in [2.45, 2.75) is 31.9 Å². The van der Waals surface area contributed by atoms with E-state index in [1.165, 1.54) is 0 Å². The topological polar surface area (TPSA) is 103 Å². The highest BCUT2D eigenvalue weighted by molar-refractivity contribution is 5.94. The fourth-order valence-electron chi connectivity index (χ4n) is 3.44. The third kappa shape index (κ3) is 5.82. The Morgan fingerprint density at radius 3 is 2.33 bits per heavy atom. The molecular formula is C23H25N3O4. The second-order valence-electron chi connectivity index (χ2n) is 7.28. The Kier molecular flexibility index (Phi) is 7.41. The molecule has 1 atom stereocenters. The molecule has 0 bridgehead atoms. The molecule has 1 fully saturated rings. The molecule has 1 unspecified atom stereocenters. The normalized spacial score (nSPS) is 15.0. The molecule has 0 spiro atoms. The van der Waals surface area contributed by atoms with E-state index in [4.69, 9.17) is 10.00 Å². The van der Waals surface area contributed by atoms with Crippen molar-refractivity contribution < 1.29 is 19.4 Å². The van der Waals surface area contributed by atoms with Crippen LogP contribution in [0.1, 0.15) is 40.7 Å². The molecule has 0 saturated carbocycles. The van der Waals surface area contributed by atoms with E-state index in [0.717, 1.165) is 37.9 Å². The number of carboxylic acids is 1. The third-order valence-corrected chi connectivity index (χ3v) is 5.18. The van der Waals surface area contributed by atoms with Crippen molar-refractivity contribution in [1.29, 1.82) is 5.26 Å². The average molecular weight is 407 g/mol. The maximum atomic E-state index is 12.4. The van der Waals surface area contributed by atoms with Crippen molar-refractivity contribution in [2.24, 2.45) is 0 Å². The molecule has 0 radical (unpaired) electrons. The molecule has 1 amide bonds. The van der Waals surface area contributed by atoms with Gasteiger partial charge in [-0.3, -0.25) is 14.5 Å². The second-order valence-corrected chi connectivity index (χ2v) is 7.28. The van der Waals surface area contributed by atoms with Crippen molar-refractivity contribution >= 4 is 11.9 Å². The minimum Gasteiger partial charge on any atom is -0.489 e. The lowest BCUT2D eigenvalue weighted by atomic mass is 10.1. The lowest BCUT2D eigenvalue weighted by molar-refractivity contribution is -0.143. The van der Waals surface area contributed by atoms with Crippen LogP contribution in [0.15, 0.2) is 48.5 Å². The van der Waals surface area contributed by atoms with Crippen LogP contribution in [0.25, 0.3) is 0 Å². The minimum atomic E-state index is -0.913. The molecule has 3 rings (SSSR count). The highest BCUT2D eigenvalue weighted by Crippen LogP contribution is 2.15. The Labute approximate surface area is 175 Å². The number of piperidine rings is 1. The predicted octanol–water partition coefficient (Wildman–Crippen LogP) is 2.81. The molecular weight excluding hydrogens is 382 g/mol. The zero-order chi connectivity index (χ0) is 21.3. The predicted molar refractivity (Wildman–Crippen MR) is 111 cm³/mol. The number of amides is 1. The lowest BCUT2D eigenvalue weighted by Gasteiger charge is -2.31. The average Bonchev–Trinajstić information content (AvgIpc) is 2.79. The number of carbonyl (C=O) groups is 2. The summed E-state index contributed by atoms with van der Waals surface area (Å²) in [6, 6.07) is 15.2. The first-order valence-electron chi connectivity index (χ1n) is 10.0. The molecule has 1 heterocycles. The number of hydrogen-bond donors (Lipinski definition) is 2. The smallest absolute Gasteiger partial charge is 0.322 e. The number of ether oxygens (including phenoxy) is 1. The minimum absolute atomic E-state index is 0.0745. The molecule has 1 aliphatic heterocycles. The number of likely N-dealkylation sites (tertiary alicyclic amines) is 1. The van der Waals surface area contributed by atoms with Crippen molar-refractivity contribution in [1.82, 2.24) is 10.2 Å². The maximum absolute atomic E-state index is 12.4. The molecule has 0 aliphatic carbocycles. The van der Waals surface area contributed by atoms with E-state index >= 15 is 0 Å². The summed E-state index contributed by atoms with van der Waals surface area (Å²) in [4.78, 5) is 25.9. The fourth-order valence-corrected chi connectivity index (χ4v) is 3.44. The first-order chi connectivity index (χ1) is 14.6. The highest BCUT2D eigenvalue weighted by atomic mass is 16.5. The number of rotatable bonds is 8. The standard InChI is InChI=1S/C23H25N3O4/c24-14-17-4-6-18(7-5-17)16-30-20-10-8-19(9-11-20)22(27)25-15-21(23(28)29)26-12-2-1-3-13-26/h4-11,21H,1-3,12-13,15-16H2,(H,25,27)(H,28,29).